The van der Waals surface area contributed by atoms with Crippen LogP contribution in [0.5, 0.6) is 17.2 Å². The van der Waals surface area contributed by atoms with Gasteiger partial charge in [-0.1, -0.05) is 65.3 Å². The van der Waals surface area contributed by atoms with Crippen LogP contribution in [0.3, 0.4) is 0 Å². The van der Waals surface area contributed by atoms with Crippen LogP contribution in [0.1, 0.15) is 41.8 Å². The molecule has 4 rings (SSSR count). The van der Waals surface area contributed by atoms with E-state index in [4.69, 9.17) is 14.2 Å². The fraction of sp³-hybridized carbons (Fsp3) is 0.200. The molecule has 0 spiro atoms. The zero-order valence-electron chi connectivity index (χ0n) is 20.9. The van der Waals surface area contributed by atoms with E-state index in [1.54, 1.807) is 24.4 Å². The van der Waals surface area contributed by atoms with E-state index < -0.39 is 0 Å². The maximum absolute atomic E-state index is 12.7. The highest BCUT2D eigenvalue weighted by Gasteiger charge is 2.12. The summed E-state index contributed by atoms with van der Waals surface area (Å²) in [5.41, 5.74) is 4.83. The van der Waals surface area contributed by atoms with Gasteiger partial charge in [-0.3, -0.25) is 4.79 Å². The lowest BCUT2D eigenvalue weighted by atomic mass is 10.1. The number of nitrogens with one attached hydrogen (secondary N) is 1. The molecule has 0 fully saturated rings. The SMILES string of the molecule is CCCOc1ccc(C(=O)N/N=C/c2cc(Br)ccc2OCc2cccc3ccccc23)cc1OCC. The standard InChI is InChI=1S/C30H29BrN2O4/c1-3-16-36-28-14-12-22(18-29(28)35-4-2)30(34)33-32-19-24-17-25(31)13-15-27(24)37-20-23-10-7-9-21-8-5-6-11-26(21)23/h5-15,17-19H,3-4,16,20H2,1-2H3,(H,33,34)/b32-19+. The van der Waals surface area contributed by atoms with Gasteiger partial charge in [-0.2, -0.15) is 5.10 Å². The van der Waals surface area contributed by atoms with Crippen LogP contribution in [-0.2, 0) is 6.61 Å². The molecule has 0 bridgehead atoms. The van der Waals surface area contributed by atoms with Crippen LogP contribution >= 0.6 is 15.9 Å². The molecular weight excluding hydrogens is 532 g/mol. The van der Waals surface area contributed by atoms with Gasteiger partial charge in [0.1, 0.15) is 12.4 Å². The molecule has 0 atom stereocenters. The topological polar surface area (TPSA) is 69.2 Å². The van der Waals surface area contributed by atoms with E-state index in [1.165, 1.54) is 5.39 Å². The van der Waals surface area contributed by atoms with E-state index >= 15 is 0 Å². The Balaban J connectivity index is 1.46. The number of rotatable bonds is 11. The van der Waals surface area contributed by atoms with Gasteiger partial charge in [-0.25, -0.2) is 5.43 Å². The average Bonchev–Trinajstić information content (AvgIpc) is 2.92. The first-order valence-electron chi connectivity index (χ1n) is 12.2. The highest BCUT2D eigenvalue weighted by Crippen LogP contribution is 2.29. The number of hydrogen-bond acceptors (Lipinski definition) is 5. The van der Waals surface area contributed by atoms with Crippen molar-refractivity contribution in [2.24, 2.45) is 5.10 Å². The number of amides is 1. The van der Waals surface area contributed by atoms with Gasteiger partial charge in [0.15, 0.2) is 11.5 Å². The summed E-state index contributed by atoms with van der Waals surface area (Å²) in [6.07, 6.45) is 2.45. The molecule has 0 heterocycles. The number of carbonyl (C=O) groups is 1. The summed E-state index contributed by atoms with van der Waals surface area (Å²) < 4.78 is 18.4. The zero-order valence-corrected chi connectivity index (χ0v) is 22.5. The first kappa shape index (κ1) is 26.2. The van der Waals surface area contributed by atoms with Crippen molar-refractivity contribution in [2.75, 3.05) is 13.2 Å². The van der Waals surface area contributed by atoms with Crippen LogP contribution in [-0.4, -0.2) is 25.3 Å². The van der Waals surface area contributed by atoms with Crippen molar-refractivity contribution >= 4 is 38.8 Å². The molecule has 0 aliphatic carbocycles. The number of benzene rings is 4. The van der Waals surface area contributed by atoms with E-state index in [0.29, 0.717) is 42.6 Å². The monoisotopic (exact) mass is 560 g/mol. The second kappa shape index (κ2) is 12.9. The highest BCUT2D eigenvalue weighted by atomic mass is 79.9. The largest absolute Gasteiger partial charge is 0.490 e. The number of halogens is 1. The molecule has 0 saturated heterocycles. The third kappa shape index (κ3) is 6.89. The molecule has 0 aliphatic rings. The summed E-state index contributed by atoms with van der Waals surface area (Å²) >= 11 is 3.50. The second-order valence-corrected chi connectivity index (χ2v) is 9.17. The molecule has 0 aliphatic heterocycles. The zero-order chi connectivity index (χ0) is 26.0. The molecule has 0 saturated carbocycles. The van der Waals surface area contributed by atoms with Crippen molar-refractivity contribution in [3.8, 4) is 17.2 Å². The lowest BCUT2D eigenvalue weighted by Gasteiger charge is -2.12. The first-order chi connectivity index (χ1) is 18.1. The summed E-state index contributed by atoms with van der Waals surface area (Å²) in [7, 11) is 0. The van der Waals surface area contributed by atoms with Gasteiger partial charge in [0.2, 0.25) is 0 Å². The van der Waals surface area contributed by atoms with E-state index in [0.717, 1.165) is 27.4 Å². The molecule has 190 valence electrons. The molecule has 7 heteroatoms. The van der Waals surface area contributed by atoms with E-state index in [1.807, 2.05) is 50.2 Å². The Morgan fingerprint density at radius 2 is 1.70 bits per heavy atom. The Kier molecular flexibility index (Phi) is 9.16. The molecule has 0 unspecified atom stereocenters. The molecule has 1 amide bonds. The summed E-state index contributed by atoms with van der Waals surface area (Å²) in [5.74, 6) is 1.45. The Bertz CT molecular complexity index is 1400. The molecule has 0 radical (unpaired) electrons. The van der Waals surface area contributed by atoms with Crippen molar-refractivity contribution in [1.29, 1.82) is 0 Å². The molecule has 1 N–H and O–H groups in total. The van der Waals surface area contributed by atoms with Crippen molar-refractivity contribution in [2.45, 2.75) is 26.9 Å². The Morgan fingerprint density at radius 3 is 2.54 bits per heavy atom. The summed E-state index contributed by atoms with van der Waals surface area (Å²) in [5, 5.41) is 6.50. The lowest BCUT2D eigenvalue weighted by molar-refractivity contribution is 0.0954. The Labute approximate surface area is 225 Å². The number of hydrazone groups is 1. The first-order valence-corrected chi connectivity index (χ1v) is 13.0. The molecule has 37 heavy (non-hydrogen) atoms. The molecular formula is C30H29BrN2O4. The van der Waals surface area contributed by atoms with E-state index in [2.05, 4.69) is 50.7 Å². The minimum Gasteiger partial charge on any atom is -0.490 e. The minimum atomic E-state index is -0.354. The van der Waals surface area contributed by atoms with E-state index in [9.17, 15) is 4.79 Å². The number of nitrogens with zero attached hydrogens (tertiary/aromatic N) is 1. The van der Waals surface area contributed by atoms with Crippen LogP contribution in [0.2, 0.25) is 0 Å². The van der Waals surface area contributed by atoms with Crippen molar-refractivity contribution in [3.05, 3.63) is 100 Å². The van der Waals surface area contributed by atoms with Crippen LogP contribution in [0.15, 0.2) is 88.4 Å². The van der Waals surface area contributed by atoms with Gasteiger partial charge >= 0.3 is 0 Å². The van der Waals surface area contributed by atoms with Crippen molar-refractivity contribution < 1.29 is 19.0 Å². The van der Waals surface area contributed by atoms with E-state index in [-0.39, 0.29) is 5.91 Å². The lowest BCUT2D eigenvalue weighted by Crippen LogP contribution is -2.18. The summed E-state index contributed by atoms with van der Waals surface area (Å²) in [4.78, 5) is 12.7. The maximum Gasteiger partial charge on any atom is 0.271 e. The quantitative estimate of drug-likeness (QED) is 0.156. The maximum atomic E-state index is 12.7. The van der Waals surface area contributed by atoms with Crippen LogP contribution in [0, 0.1) is 0 Å². The smallest absolute Gasteiger partial charge is 0.271 e. The van der Waals surface area contributed by atoms with Gasteiger partial charge in [-0.15, -0.1) is 0 Å². The fourth-order valence-corrected chi connectivity index (χ4v) is 4.18. The molecule has 0 aromatic heterocycles. The predicted octanol–water partition coefficient (Wildman–Crippen LogP) is 7.13. The third-order valence-electron chi connectivity index (χ3n) is 5.57. The van der Waals surface area contributed by atoms with Gasteiger partial charge in [0.05, 0.1) is 19.4 Å². The number of hydrogen-bond donors (Lipinski definition) is 1. The molecule has 4 aromatic carbocycles. The number of carbonyl (C=O) groups excluding carboxylic acids is 1. The van der Waals surface area contributed by atoms with Crippen molar-refractivity contribution in [1.82, 2.24) is 5.43 Å². The summed E-state index contributed by atoms with van der Waals surface area (Å²) in [6, 6.07) is 25.2. The van der Waals surface area contributed by atoms with Gasteiger partial charge in [0, 0.05) is 15.6 Å². The van der Waals surface area contributed by atoms with Crippen LogP contribution in [0.25, 0.3) is 10.8 Å². The Morgan fingerprint density at radius 1 is 0.892 bits per heavy atom. The van der Waals surface area contributed by atoms with Gasteiger partial charge in [-0.05, 0) is 66.1 Å². The van der Waals surface area contributed by atoms with Crippen LogP contribution < -0.4 is 19.6 Å². The van der Waals surface area contributed by atoms with Gasteiger partial charge in [0.25, 0.3) is 5.91 Å². The predicted molar refractivity (Wildman–Crippen MR) is 151 cm³/mol. The second-order valence-electron chi connectivity index (χ2n) is 8.25. The minimum absolute atomic E-state index is 0.354. The van der Waals surface area contributed by atoms with Crippen LogP contribution in [0.4, 0.5) is 0 Å². The molecule has 4 aromatic rings. The third-order valence-corrected chi connectivity index (χ3v) is 6.07. The highest BCUT2D eigenvalue weighted by molar-refractivity contribution is 9.10. The van der Waals surface area contributed by atoms with Gasteiger partial charge < -0.3 is 14.2 Å². The average molecular weight is 561 g/mol. The fourth-order valence-electron chi connectivity index (χ4n) is 3.80. The molecule has 6 nitrogen and oxygen atoms in total. The Hall–Kier alpha value is -3.84. The number of fused-ring (bicyclic) bond motifs is 1. The number of ether oxygens (including phenoxy) is 3. The summed E-state index contributed by atoms with van der Waals surface area (Å²) in [6.45, 7) is 5.37. The van der Waals surface area contributed by atoms with Crippen molar-refractivity contribution in [3.63, 3.8) is 0 Å². The normalized spacial score (nSPS) is 11.0.